The fourth-order valence-electron chi connectivity index (χ4n) is 2.96. The lowest BCUT2D eigenvalue weighted by Gasteiger charge is -2.18. The van der Waals surface area contributed by atoms with E-state index < -0.39 is 11.6 Å². The van der Waals surface area contributed by atoms with Gasteiger partial charge in [-0.2, -0.15) is 0 Å². The predicted molar refractivity (Wildman–Crippen MR) is 122 cm³/mol. The molecule has 1 heterocycles. The highest BCUT2D eigenvalue weighted by atomic mass is 32.2. The first-order valence-electron chi connectivity index (χ1n) is 9.07. The highest BCUT2D eigenvalue weighted by Crippen LogP contribution is 2.35. The van der Waals surface area contributed by atoms with Crippen molar-refractivity contribution >= 4 is 34.7 Å². The first kappa shape index (κ1) is 21.4. The summed E-state index contributed by atoms with van der Waals surface area (Å²) < 4.78 is 32.2. The third-order valence-electron chi connectivity index (χ3n) is 4.44. The van der Waals surface area contributed by atoms with Gasteiger partial charge in [0, 0.05) is 55.9 Å². The highest BCUT2D eigenvalue weighted by Gasteiger charge is 2.14. The van der Waals surface area contributed by atoms with Crippen molar-refractivity contribution in [1.82, 2.24) is 4.57 Å². The van der Waals surface area contributed by atoms with Gasteiger partial charge in [-0.15, -0.1) is 0 Å². The SMILES string of the molecule is C=CSNc1ccc(Nc2ccc(F)cc2F)c(-c2cc(N(C)C)c(=O)n(C)c2)c1. The van der Waals surface area contributed by atoms with Crippen molar-refractivity contribution in [2.24, 2.45) is 7.05 Å². The Kier molecular flexibility index (Phi) is 6.47. The number of hydrogen-bond acceptors (Lipinski definition) is 5. The normalized spacial score (nSPS) is 10.6. The quantitative estimate of drug-likeness (QED) is 0.497. The molecule has 0 spiro atoms. The Bertz CT molecular complexity index is 1140. The molecule has 0 fully saturated rings. The predicted octanol–water partition coefficient (Wildman–Crippen LogP) is 5.34. The van der Waals surface area contributed by atoms with Gasteiger partial charge in [0.1, 0.15) is 17.3 Å². The topological polar surface area (TPSA) is 49.3 Å². The number of hydrogen-bond donors (Lipinski definition) is 2. The molecule has 0 bridgehead atoms. The van der Waals surface area contributed by atoms with Gasteiger partial charge in [-0.3, -0.25) is 4.79 Å². The second-order valence-electron chi connectivity index (χ2n) is 6.82. The van der Waals surface area contributed by atoms with E-state index in [1.54, 1.807) is 49.8 Å². The summed E-state index contributed by atoms with van der Waals surface area (Å²) in [5.74, 6) is -1.34. The van der Waals surface area contributed by atoms with E-state index in [0.717, 1.165) is 22.9 Å². The van der Waals surface area contributed by atoms with Crippen LogP contribution in [-0.4, -0.2) is 18.7 Å². The number of rotatable bonds is 7. The summed E-state index contributed by atoms with van der Waals surface area (Å²) in [4.78, 5) is 14.2. The molecule has 156 valence electrons. The molecule has 0 saturated heterocycles. The van der Waals surface area contributed by atoms with Crippen molar-refractivity contribution in [3.05, 3.63) is 82.6 Å². The third-order valence-corrected chi connectivity index (χ3v) is 4.96. The molecule has 0 amide bonds. The average molecular weight is 429 g/mol. The van der Waals surface area contributed by atoms with Crippen LogP contribution in [0.5, 0.6) is 0 Å². The maximum Gasteiger partial charge on any atom is 0.273 e. The lowest BCUT2D eigenvalue weighted by Crippen LogP contribution is -2.25. The Morgan fingerprint density at radius 2 is 1.83 bits per heavy atom. The summed E-state index contributed by atoms with van der Waals surface area (Å²) in [6.45, 7) is 3.67. The van der Waals surface area contributed by atoms with Crippen molar-refractivity contribution < 1.29 is 8.78 Å². The van der Waals surface area contributed by atoms with Crippen LogP contribution in [0.1, 0.15) is 0 Å². The van der Waals surface area contributed by atoms with Crippen LogP contribution in [0.3, 0.4) is 0 Å². The van der Waals surface area contributed by atoms with Crippen LogP contribution in [0.2, 0.25) is 0 Å². The molecule has 0 aliphatic rings. The van der Waals surface area contributed by atoms with Crippen LogP contribution in [0, 0.1) is 11.6 Å². The van der Waals surface area contributed by atoms with Crippen LogP contribution in [0.15, 0.2) is 65.4 Å². The zero-order chi connectivity index (χ0) is 21.8. The Hall–Kier alpha value is -3.26. The molecule has 30 heavy (non-hydrogen) atoms. The van der Waals surface area contributed by atoms with E-state index in [4.69, 9.17) is 0 Å². The van der Waals surface area contributed by atoms with E-state index in [0.29, 0.717) is 11.4 Å². The molecule has 3 rings (SSSR count). The lowest BCUT2D eigenvalue weighted by atomic mass is 10.0. The molecular weight excluding hydrogens is 406 g/mol. The van der Waals surface area contributed by atoms with Crippen LogP contribution in [-0.2, 0) is 7.05 Å². The van der Waals surface area contributed by atoms with Gasteiger partial charge in [0.05, 0.1) is 5.69 Å². The van der Waals surface area contributed by atoms with E-state index in [1.807, 2.05) is 12.1 Å². The molecule has 8 heteroatoms. The largest absolute Gasteiger partial charge is 0.373 e. The molecular formula is C22H22F2N4OS. The smallest absolute Gasteiger partial charge is 0.273 e. The Labute approximate surface area is 178 Å². The highest BCUT2D eigenvalue weighted by molar-refractivity contribution is 8.03. The van der Waals surface area contributed by atoms with Crippen LogP contribution < -0.4 is 20.5 Å². The fraction of sp³-hybridized carbons (Fsp3) is 0.136. The first-order chi connectivity index (χ1) is 14.3. The zero-order valence-corrected chi connectivity index (χ0v) is 17.7. The molecule has 0 unspecified atom stereocenters. The Morgan fingerprint density at radius 1 is 1.10 bits per heavy atom. The molecule has 2 N–H and O–H groups in total. The van der Waals surface area contributed by atoms with Crippen molar-refractivity contribution in [2.75, 3.05) is 29.0 Å². The molecule has 0 aliphatic heterocycles. The molecule has 0 aliphatic carbocycles. The molecule has 0 radical (unpaired) electrons. The fourth-order valence-corrected chi connectivity index (χ4v) is 3.31. The summed E-state index contributed by atoms with van der Waals surface area (Å²) in [6, 6.07) is 10.7. The maximum absolute atomic E-state index is 14.2. The monoisotopic (exact) mass is 428 g/mol. The van der Waals surface area contributed by atoms with Crippen LogP contribution >= 0.6 is 11.9 Å². The second kappa shape index (κ2) is 9.04. The van der Waals surface area contributed by atoms with Gasteiger partial charge in [-0.1, -0.05) is 6.58 Å². The van der Waals surface area contributed by atoms with E-state index >= 15 is 0 Å². The number of nitrogens with zero attached hydrogens (tertiary/aromatic N) is 2. The van der Waals surface area contributed by atoms with Crippen LogP contribution in [0.25, 0.3) is 11.1 Å². The number of halogens is 2. The minimum atomic E-state index is -0.695. The van der Waals surface area contributed by atoms with Gasteiger partial charge < -0.3 is 19.5 Å². The van der Waals surface area contributed by atoms with Gasteiger partial charge in [0.15, 0.2) is 0 Å². The molecule has 1 aromatic heterocycles. The van der Waals surface area contributed by atoms with E-state index in [2.05, 4.69) is 16.6 Å². The van der Waals surface area contributed by atoms with Gasteiger partial charge in [-0.25, -0.2) is 8.78 Å². The minimum absolute atomic E-state index is 0.126. The van der Waals surface area contributed by atoms with E-state index in [-0.39, 0.29) is 11.2 Å². The van der Waals surface area contributed by atoms with E-state index in [9.17, 15) is 13.6 Å². The summed E-state index contributed by atoms with van der Waals surface area (Å²) in [7, 11) is 5.28. The molecule has 5 nitrogen and oxygen atoms in total. The Balaban J connectivity index is 2.15. The summed E-state index contributed by atoms with van der Waals surface area (Å²) in [5, 5.41) is 4.70. The third kappa shape index (κ3) is 4.65. The molecule has 0 atom stereocenters. The molecule has 2 aromatic carbocycles. The number of pyridine rings is 1. The zero-order valence-electron chi connectivity index (χ0n) is 16.9. The molecule has 3 aromatic rings. The van der Waals surface area contributed by atoms with Crippen molar-refractivity contribution in [3.63, 3.8) is 0 Å². The second-order valence-corrected chi connectivity index (χ2v) is 7.59. The van der Waals surface area contributed by atoms with Crippen LogP contribution in [0.4, 0.5) is 31.5 Å². The standard InChI is InChI=1S/C22H22F2N4OS/c1-5-30-26-16-7-9-19(25-20-8-6-15(23)11-18(20)24)17(12-16)14-10-21(27(2)3)22(29)28(4)13-14/h5-13,25-26H,1H2,2-4H3. The summed E-state index contributed by atoms with van der Waals surface area (Å²) >= 11 is 1.32. The number of benzene rings is 2. The van der Waals surface area contributed by atoms with Gasteiger partial charge >= 0.3 is 0 Å². The lowest BCUT2D eigenvalue weighted by molar-refractivity contribution is 0.586. The van der Waals surface area contributed by atoms with Gasteiger partial charge in [0.2, 0.25) is 0 Å². The number of aryl methyl sites for hydroxylation is 1. The molecule has 0 saturated carbocycles. The van der Waals surface area contributed by atoms with Gasteiger partial charge in [-0.05, 0) is 53.8 Å². The minimum Gasteiger partial charge on any atom is -0.373 e. The van der Waals surface area contributed by atoms with Crippen molar-refractivity contribution in [2.45, 2.75) is 0 Å². The summed E-state index contributed by atoms with van der Waals surface area (Å²) in [6.07, 6.45) is 1.72. The number of aromatic nitrogens is 1. The first-order valence-corrected chi connectivity index (χ1v) is 9.95. The summed E-state index contributed by atoms with van der Waals surface area (Å²) in [5.41, 5.74) is 3.46. The van der Waals surface area contributed by atoms with E-state index in [1.165, 1.54) is 28.6 Å². The Morgan fingerprint density at radius 3 is 2.50 bits per heavy atom. The van der Waals surface area contributed by atoms with Gasteiger partial charge in [0.25, 0.3) is 5.56 Å². The number of nitrogens with one attached hydrogen (secondary N) is 2. The maximum atomic E-state index is 14.2. The van der Waals surface area contributed by atoms with Crippen molar-refractivity contribution in [1.29, 1.82) is 0 Å². The number of anilines is 4. The van der Waals surface area contributed by atoms with Crippen molar-refractivity contribution in [3.8, 4) is 11.1 Å². The average Bonchev–Trinajstić information content (AvgIpc) is 2.70.